The summed E-state index contributed by atoms with van der Waals surface area (Å²) in [6.45, 7) is 5.71. The summed E-state index contributed by atoms with van der Waals surface area (Å²) in [6, 6.07) is -0.286. The molecule has 1 unspecified atom stereocenters. The van der Waals surface area contributed by atoms with Crippen LogP contribution in [0.1, 0.15) is 17.6 Å². The van der Waals surface area contributed by atoms with Crippen LogP contribution in [0.4, 0.5) is 0 Å². The number of morpholine rings is 1. The van der Waals surface area contributed by atoms with E-state index in [-0.39, 0.29) is 6.04 Å². The zero-order valence-electron chi connectivity index (χ0n) is 11.3. The fourth-order valence-corrected chi connectivity index (χ4v) is 2.14. The second kappa shape index (κ2) is 5.70. The summed E-state index contributed by atoms with van der Waals surface area (Å²) in [5.74, 6) is 1.52. The van der Waals surface area contributed by atoms with Crippen LogP contribution in [-0.4, -0.2) is 53.0 Å². The van der Waals surface area contributed by atoms with Gasteiger partial charge in [-0.05, 0) is 6.92 Å². The quantitative estimate of drug-likeness (QED) is 0.855. The van der Waals surface area contributed by atoms with E-state index in [1.165, 1.54) is 0 Å². The first-order valence-electron chi connectivity index (χ1n) is 6.55. The molecule has 108 valence electrons. The average Bonchev–Trinajstić information content (AvgIpc) is 3.08. The Morgan fingerprint density at radius 2 is 2.15 bits per heavy atom. The van der Waals surface area contributed by atoms with Crippen LogP contribution in [0.3, 0.4) is 0 Å². The van der Waals surface area contributed by atoms with Gasteiger partial charge in [0.25, 0.3) is 5.89 Å². The fourth-order valence-electron chi connectivity index (χ4n) is 2.14. The molecule has 0 aliphatic carbocycles. The van der Waals surface area contributed by atoms with Crippen LogP contribution in [0.2, 0.25) is 0 Å². The number of ether oxygens (including phenoxy) is 1. The van der Waals surface area contributed by atoms with Crippen molar-refractivity contribution in [2.24, 2.45) is 5.73 Å². The Labute approximate surface area is 115 Å². The van der Waals surface area contributed by atoms with E-state index < -0.39 is 0 Å². The smallest absolute Gasteiger partial charge is 0.263 e. The average molecular weight is 279 g/mol. The molecule has 0 saturated carbocycles. The molecule has 2 N–H and O–H groups in total. The first-order chi connectivity index (χ1) is 9.74. The van der Waals surface area contributed by atoms with Crippen molar-refractivity contribution in [3.63, 3.8) is 0 Å². The minimum absolute atomic E-state index is 0.286. The third kappa shape index (κ3) is 2.72. The van der Waals surface area contributed by atoms with Gasteiger partial charge in [0.05, 0.1) is 25.5 Å². The van der Waals surface area contributed by atoms with Crippen molar-refractivity contribution in [2.45, 2.75) is 13.0 Å². The van der Waals surface area contributed by atoms with Gasteiger partial charge in [-0.3, -0.25) is 4.90 Å². The third-order valence-electron chi connectivity index (χ3n) is 3.31. The van der Waals surface area contributed by atoms with Crippen molar-refractivity contribution in [2.75, 3.05) is 32.8 Å². The topological polar surface area (TPSA) is 103 Å². The van der Waals surface area contributed by atoms with Gasteiger partial charge in [-0.1, -0.05) is 10.3 Å². The van der Waals surface area contributed by atoms with Gasteiger partial charge in [0, 0.05) is 19.6 Å². The maximum absolute atomic E-state index is 6.12. The minimum atomic E-state index is -0.286. The molecule has 1 aliphatic rings. The van der Waals surface area contributed by atoms with Crippen molar-refractivity contribution >= 4 is 0 Å². The van der Waals surface area contributed by atoms with Crippen LogP contribution >= 0.6 is 0 Å². The number of rotatable bonds is 4. The van der Waals surface area contributed by atoms with Gasteiger partial charge in [-0.2, -0.15) is 4.98 Å². The van der Waals surface area contributed by atoms with Gasteiger partial charge in [0.1, 0.15) is 11.3 Å². The highest BCUT2D eigenvalue weighted by atomic mass is 16.5. The van der Waals surface area contributed by atoms with Gasteiger partial charge in [-0.15, -0.1) is 0 Å². The van der Waals surface area contributed by atoms with Crippen LogP contribution in [0.15, 0.2) is 15.2 Å². The van der Waals surface area contributed by atoms with Gasteiger partial charge in [0.15, 0.2) is 5.82 Å². The van der Waals surface area contributed by atoms with Crippen LogP contribution in [0, 0.1) is 6.92 Å². The Hall–Kier alpha value is -1.77. The highest BCUT2D eigenvalue weighted by Gasteiger charge is 2.21. The molecule has 0 bridgehead atoms. The highest BCUT2D eigenvalue weighted by Crippen LogP contribution is 2.22. The zero-order chi connectivity index (χ0) is 13.9. The van der Waals surface area contributed by atoms with E-state index in [0.29, 0.717) is 29.6 Å². The van der Waals surface area contributed by atoms with E-state index in [1.54, 1.807) is 13.1 Å². The number of aryl methyl sites for hydroxylation is 1. The van der Waals surface area contributed by atoms with Crippen molar-refractivity contribution in [3.8, 4) is 11.5 Å². The highest BCUT2D eigenvalue weighted by molar-refractivity contribution is 5.53. The number of aromatic nitrogens is 3. The summed E-state index contributed by atoms with van der Waals surface area (Å²) in [5.41, 5.74) is 6.82. The molecule has 0 amide bonds. The summed E-state index contributed by atoms with van der Waals surface area (Å²) in [6.07, 6.45) is 1.56. The summed E-state index contributed by atoms with van der Waals surface area (Å²) in [7, 11) is 0. The van der Waals surface area contributed by atoms with Crippen molar-refractivity contribution in [1.82, 2.24) is 20.2 Å². The molecule has 2 aromatic rings. The molecule has 3 heterocycles. The number of hydrogen-bond donors (Lipinski definition) is 1. The predicted molar refractivity (Wildman–Crippen MR) is 68.7 cm³/mol. The van der Waals surface area contributed by atoms with Gasteiger partial charge in [-0.25, -0.2) is 0 Å². The molecule has 0 spiro atoms. The zero-order valence-corrected chi connectivity index (χ0v) is 11.3. The van der Waals surface area contributed by atoms with E-state index in [4.69, 9.17) is 19.5 Å². The molecule has 20 heavy (non-hydrogen) atoms. The Morgan fingerprint density at radius 1 is 1.35 bits per heavy atom. The van der Waals surface area contributed by atoms with Crippen molar-refractivity contribution < 1.29 is 13.8 Å². The predicted octanol–water partition coefficient (Wildman–Crippen LogP) is 0.365. The van der Waals surface area contributed by atoms with Gasteiger partial charge in [0.2, 0.25) is 0 Å². The lowest BCUT2D eigenvalue weighted by Crippen LogP contribution is -2.40. The van der Waals surface area contributed by atoms with Crippen LogP contribution in [0.5, 0.6) is 0 Å². The summed E-state index contributed by atoms with van der Waals surface area (Å²) >= 11 is 0. The maximum Gasteiger partial charge on any atom is 0.263 e. The first kappa shape index (κ1) is 13.2. The summed E-state index contributed by atoms with van der Waals surface area (Å²) < 4.78 is 15.5. The third-order valence-corrected chi connectivity index (χ3v) is 3.31. The molecular formula is C12H17N5O3. The Balaban J connectivity index is 1.68. The van der Waals surface area contributed by atoms with Crippen molar-refractivity contribution in [1.29, 1.82) is 0 Å². The van der Waals surface area contributed by atoms with Crippen LogP contribution in [0.25, 0.3) is 11.5 Å². The second-order valence-electron chi connectivity index (χ2n) is 4.77. The normalized spacial score (nSPS) is 18.3. The first-order valence-corrected chi connectivity index (χ1v) is 6.55. The number of nitrogens with two attached hydrogens (primary N) is 1. The molecule has 1 atom stereocenters. The minimum Gasteiger partial charge on any atom is -0.379 e. The molecule has 0 radical (unpaired) electrons. The Bertz CT molecular complexity index is 561. The summed E-state index contributed by atoms with van der Waals surface area (Å²) in [4.78, 5) is 6.55. The van der Waals surface area contributed by atoms with Crippen LogP contribution < -0.4 is 5.73 Å². The van der Waals surface area contributed by atoms with E-state index >= 15 is 0 Å². The SMILES string of the molecule is Cc1oncc1-c1nc(C(N)CN2CCOCC2)no1. The Morgan fingerprint density at radius 3 is 2.85 bits per heavy atom. The van der Waals surface area contributed by atoms with E-state index in [0.717, 1.165) is 26.3 Å². The number of hydrogen-bond acceptors (Lipinski definition) is 8. The molecule has 2 aromatic heterocycles. The lowest BCUT2D eigenvalue weighted by Gasteiger charge is -2.27. The molecule has 8 nitrogen and oxygen atoms in total. The van der Waals surface area contributed by atoms with E-state index in [9.17, 15) is 0 Å². The van der Waals surface area contributed by atoms with Gasteiger partial charge >= 0.3 is 0 Å². The van der Waals surface area contributed by atoms with Crippen molar-refractivity contribution in [3.05, 3.63) is 17.8 Å². The molecular weight excluding hydrogens is 262 g/mol. The standard InChI is InChI=1S/C12H17N5O3/c1-8-9(6-14-19-8)12-15-11(16-20-12)10(13)7-17-2-4-18-5-3-17/h6,10H,2-5,7,13H2,1H3. The largest absolute Gasteiger partial charge is 0.379 e. The lowest BCUT2D eigenvalue weighted by molar-refractivity contribution is 0.0348. The number of nitrogens with zero attached hydrogens (tertiary/aromatic N) is 4. The molecule has 0 aromatic carbocycles. The molecule has 1 aliphatic heterocycles. The lowest BCUT2D eigenvalue weighted by atomic mass is 10.2. The molecule has 1 fully saturated rings. The van der Waals surface area contributed by atoms with E-state index in [1.807, 2.05) is 0 Å². The maximum atomic E-state index is 6.12. The molecule has 1 saturated heterocycles. The molecule has 3 rings (SSSR count). The van der Waals surface area contributed by atoms with E-state index in [2.05, 4.69) is 20.2 Å². The molecule has 8 heteroatoms. The summed E-state index contributed by atoms with van der Waals surface area (Å²) in [5, 5.41) is 7.63. The Kier molecular flexibility index (Phi) is 3.77. The van der Waals surface area contributed by atoms with Crippen LogP contribution in [-0.2, 0) is 4.74 Å². The monoisotopic (exact) mass is 279 g/mol. The van der Waals surface area contributed by atoms with Gasteiger partial charge < -0.3 is 19.5 Å². The fraction of sp³-hybridized carbons (Fsp3) is 0.583. The second-order valence-corrected chi connectivity index (χ2v) is 4.77.